The van der Waals surface area contributed by atoms with Crippen LogP contribution in [0.2, 0.25) is 0 Å². The third-order valence-corrected chi connectivity index (χ3v) is 3.69. The van der Waals surface area contributed by atoms with Crippen molar-refractivity contribution in [2.45, 2.75) is 31.7 Å². The second-order valence-corrected chi connectivity index (χ2v) is 5.03. The average molecular weight is 267 g/mol. The Bertz CT molecular complexity index is 196. The van der Waals surface area contributed by atoms with Crippen LogP contribution in [0.5, 0.6) is 0 Å². The van der Waals surface area contributed by atoms with E-state index >= 15 is 0 Å². The number of hydrogen-bond donors (Lipinski definition) is 1. The second kappa shape index (κ2) is 9.14. The smallest absolute Gasteiger partial charge is 0.222 e. The van der Waals surface area contributed by atoms with E-state index in [2.05, 4.69) is 11.6 Å². The Morgan fingerprint density at radius 2 is 2.06 bits per heavy atom. The van der Waals surface area contributed by atoms with Crippen molar-refractivity contribution in [3.05, 3.63) is 0 Å². The summed E-state index contributed by atoms with van der Waals surface area (Å²) in [6, 6.07) is 0.611. The number of amides is 1. The topological polar surface area (TPSA) is 32.3 Å². The van der Waals surface area contributed by atoms with E-state index in [-0.39, 0.29) is 12.4 Å². The molecule has 1 aliphatic rings. The molecule has 1 heterocycles. The molecule has 0 aromatic heterocycles. The van der Waals surface area contributed by atoms with Gasteiger partial charge in [-0.05, 0) is 38.3 Å². The molecule has 1 fully saturated rings. The summed E-state index contributed by atoms with van der Waals surface area (Å²) in [6.45, 7) is 1.87. The first-order chi connectivity index (χ1) is 7.27. The van der Waals surface area contributed by atoms with Gasteiger partial charge in [0, 0.05) is 25.6 Å². The van der Waals surface area contributed by atoms with Gasteiger partial charge in [0.15, 0.2) is 0 Å². The Labute approximate surface area is 109 Å². The van der Waals surface area contributed by atoms with Gasteiger partial charge in [0.25, 0.3) is 0 Å². The molecule has 16 heavy (non-hydrogen) atoms. The van der Waals surface area contributed by atoms with Gasteiger partial charge in [0.05, 0.1) is 0 Å². The lowest BCUT2D eigenvalue weighted by Gasteiger charge is -2.31. The third-order valence-electron chi connectivity index (χ3n) is 3.00. The number of likely N-dealkylation sites (tertiary alicyclic amines) is 1. The minimum absolute atomic E-state index is 0. The molecule has 0 aromatic carbocycles. The monoisotopic (exact) mass is 266 g/mol. The van der Waals surface area contributed by atoms with Crippen molar-refractivity contribution in [2.75, 3.05) is 32.1 Å². The van der Waals surface area contributed by atoms with Crippen LogP contribution in [0.3, 0.4) is 0 Å². The zero-order valence-electron chi connectivity index (χ0n) is 10.2. The van der Waals surface area contributed by atoms with Crippen LogP contribution in [-0.2, 0) is 4.79 Å². The van der Waals surface area contributed by atoms with Gasteiger partial charge in [0.2, 0.25) is 5.91 Å². The van der Waals surface area contributed by atoms with E-state index in [9.17, 15) is 4.79 Å². The third kappa shape index (κ3) is 5.41. The summed E-state index contributed by atoms with van der Waals surface area (Å²) in [5.41, 5.74) is 0. The number of rotatable bonds is 5. The van der Waals surface area contributed by atoms with E-state index in [0.29, 0.717) is 11.9 Å². The number of carbonyl (C=O) groups is 1. The minimum atomic E-state index is 0. The Kier molecular flexibility index (Phi) is 9.18. The van der Waals surface area contributed by atoms with E-state index in [4.69, 9.17) is 0 Å². The first kappa shape index (κ1) is 16.1. The van der Waals surface area contributed by atoms with Crippen molar-refractivity contribution in [3.8, 4) is 0 Å². The van der Waals surface area contributed by atoms with Crippen molar-refractivity contribution in [2.24, 2.45) is 0 Å². The fourth-order valence-corrected chi connectivity index (χ4v) is 2.38. The molecule has 0 spiro atoms. The van der Waals surface area contributed by atoms with Gasteiger partial charge in [0.1, 0.15) is 0 Å². The molecule has 0 bridgehead atoms. The molecule has 0 radical (unpaired) electrons. The quantitative estimate of drug-likeness (QED) is 0.770. The van der Waals surface area contributed by atoms with Gasteiger partial charge in [-0.2, -0.15) is 11.8 Å². The summed E-state index contributed by atoms with van der Waals surface area (Å²) in [6.07, 6.45) is 6.04. The summed E-state index contributed by atoms with van der Waals surface area (Å²) in [4.78, 5) is 13.8. The summed E-state index contributed by atoms with van der Waals surface area (Å²) < 4.78 is 0. The van der Waals surface area contributed by atoms with Gasteiger partial charge in [-0.15, -0.1) is 12.4 Å². The van der Waals surface area contributed by atoms with E-state index in [1.54, 1.807) is 0 Å². The van der Waals surface area contributed by atoms with Crippen LogP contribution in [0.25, 0.3) is 0 Å². The zero-order chi connectivity index (χ0) is 11.1. The SMILES string of the molecule is CNC1CCN(C(=O)CCCSC)CC1.Cl. The predicted octanol–water partition coefficient (Wildman–Crippen LogP) is 1.76. The molecule has 3 nitrogen and oxygen atoms in total. The van der Waals surface area contributed by atoms with Gasteiger partial charge >= 0.3 is 0 Å². The summed E-state index contributed by atoms with van der Waals surface area (Å²) in [5, 5.41) is 3.27. The van der Waals surface area contributed by atoms with E-state index in [0.717, 1.165) is 44.5 Å². The number of hydrogen-bond acceptors (Lipinski definition) is 3. The van der Waals surface area contributed by atoms with Crippen molar-refractivity contribution in [1.29, 1.82) is 0 Å². The maximum Gasteiger partial charge on any atom is 0.222 e. The highest BCUT2D eigenvalue weighted by Gasteiger charge is 2.20. The molecule has 0 aromatic rings. The second-order valence-electron chi connectivity index (χ2n) is 4.04. The lowest BCUT2D eigenvalue weighted by molar-refractivity contribution is -0.132. The van der Waals surface area contributed by atoms with Crippen LogP contribution in [0.4, 0.5) is 0 Å². The normalized spacial score (nSPS) is 17.0. The summed E-state index contributed by atoms with van der Waals surface area (Å²) in [7, 11) is 2.00. The van der Waals surface area contributed by atoms with Gasteiger partial charge in [-0.25, -0.2) is 0 Å². The molecule has 0 aliphatic carbocycles. The van der Waals surface area contributed by atoms with Crippen LogP contribution in [0.1, 0.15) is 25.7 Å². The van der Waals surface area contributed by atoms with Crippen molar-refractivity contribution in [3.63, 3.8) is 0 Å². The Hall–Kier alpha value is 0.0700. The van der Waals surface area contributed by atoms with Crippen LogP contribution >= 0.6 is 24.2 Å². The minimum Gasteiger partial charge on any atom is -0.343 e. The molecular weight excluding hydrogens is 244 g/mol. The average Bonchev–Trinajstić information content (AvgIpc) is 2.29. The molecule has 96 valence electrons. The number of nitrogens with zero attached hydrogens (tertiary/aromatic N) is 1. The van der Waals surface area contributed by atoms with Crippen molar-refractivity contribution in [1.82, 2.24) is 10.2 Å². The number of piperidine rings is 1. The molecule has 0 saturated carbocycles. The first-order valence-corrected chi connectivity index (χ1v) is 7.11. The molecule has 1 aliphatic heterocycles. The lowest BCUT2D eigenvalue weighted by Crippen LogP contribution is -2.43. The zero-order valence-corrected chi connectivity index (χ0v) is 11.8. The lowest BCUT2D eigenvalue weighted by atomic mass is 10.0. The van der Waals surface area contributed by atoms with Crippen LogP contribution in [0, 0.1) is 0 Å². The standard InChI is InChI=1S/C11H22N2OS.ClH/c1-12-10-5-7-13(8-6-10)11(14)4-3-9-15-2;/h10,12H,3-9H2,1-2H3;1H. The molecule has 1 N–H and O–H groups in total. The Morgan fingerprint density at radius 3 is 2.56 bits per heavy atom. The van der Waals surface area contributed by atoms with Gasteiger partial charge in [-0.1, -0.05) is 0 Å². The van der Waals surface area contributed by atoms with Gasteiger partial charge in [-0.3, -0.25) is 4.79 Å². The number of carbonyl (C=O) groups excluding carboxylic acids is 1. The molecular formula is C11H23ClN2OS. The summed E-state index contributed by atoms with van der Waals surface area (Å²) >= 11 is 1.81. The molecule has 1 amide bonds. The highest BCUT2D eigenvalue weighted by molar-refractivity contribution is 7.98. The maximum atomic E-state index is 11.8. The van der Waals surface area contributed by atoms with Crippen LogP contribution in [0.15, 0.2) is 0 Å². The van der Waals surface area contributed by atoms with E-state index in [1.807, 2.05) is 23.7 Å². The highest BCUT2D eigenvalue weighted by atomic mass is 35.5. The first-order valence-electron chi connectivity index (χ1n) is 5.72. The van der Waals surface area contributed by atoms with Crippen molar-refractivity contribution >= 4 is 30.1 Å². The van der Waals surface area contributed by atoms with E-state index < -0.39 is 0 Å². The van der Waals surface area contributed by atoms with Crippen LogP contribution < -0.4 is 5.32 Å². The molecule has 1 saturated heterocycles. The number of thioether (sulfide) groups is 1. The summed E-state index contributed by atoms with van der Waals surface area (Å²) in [5.74, 6) is 1.44. The Balaban J connectivity index is 0.00000225. The largest absolute Gasteiger partial charge is 0.343 e. The predicted molar refractivity (Wildman–Crippen MR) is 73.5 cm³/mol. The fourth-order valence-electron chi connectivity index (χ4n) is 1.94. The molecule has 0 unspecified atom stereocenters. The van der Waals surface area contributed by atoms with Gasteiger partial charge < -0.3 is 10.2 Å². The van der Waals surface area contributed by atoms with Crippen LogP contribution in [-0.4, -0.2) is 49.0 Å². The highest BCUT2D eigenvalue weighted by Crippen LogP contribution is 2.12. The Morgan fingerprint density at radius 1 is 1.44 bits per heavy atom. The fraction of sp³-hybridized carbons (Fsp3) is 0.909. The van der Waals surface area contributed by atoms with Crippen molar-refractivity contribution < 1.29 is 4.79 Å². The van der Waals surface area contributed by atoms with E-state index in [1.165, 1.54) is 0 Å². The number of nitrogens with one attached hydrogen (secondary N) is 1. The maximum absolute atomic E-state index is 11.8. The molecule has 1 rings (SSSR count). The number of halogens is 1. The molecule has 0 atom stereocenters. The molecule has 5 heteroatoms.